The van der Waals surface area contributed by atoms with Crippen LogP contribution in [0.2, 0.25) is 0 Å². The zero-order valence-electron chi connectivity index (χ0n) is 9.87. The van der Waals surface area contributed by atoms with Crippen LogP contribution in [0, 0.1) is 11.7 Å². The number of hydrogen-bond donors (Lipinski definition) is 0. The molecular weight excluding hydrogens is 207 g/mol. The van der Waals surface area contributed by atoms with Crippen LogP contribution < -0.4 is 0 Å². The van der Waals surface area contributed by atoms with E-state index in [1.807, 2.05) is 13.8 Å². The predicted molar refractivity (Wildman–Crippen MR) is 60.6 cm³/mol. The largest absolute Gasteiger partial charge is 0.469 e. The number of rotatable bonds is 4. The molecule has 0 heterocycles. The summed E-state index contributed by atoms with van der Waals surface area (Å²) in [5.74, 6) is -0.503. The third kappa shape index (κ3) is 3.05. The molecule has 0 aliphatic carbocycles. The second-order valence-electron chi connectivity index (χ2n) is 4.15. The Balaban J connectivity index is 2.94. The van der Waals surface area contributed by atoms with Crippen molar-refractivity contribution in [2.24, 2.45) is 5.92 Å². The lowest BCUT2D eigenvalue weighted by atomic mass is 9.85. The molecule has 0 spiro atoms. The molecule has 0 amide bonds. The SMILES string of the molecule is COC(=O)CC(c1ccccc1F)C(C)C. The minimum Gasteiger partial charge on any atom is -0.469 e. The van der Waals surface area contributed by atoms with Gasteiger partial charge in [-0.25, -0.2) is 4.39 Å². The summed E-state index contributed by atoms with van der Waals surface area (Å²) in [6.45, 7) is 3.94. The van der Waals surface area contributed by atoms with Gasteiger partial charge in [0, 0.05) is 0 Å². The molecule has 2 nitrogen and oxygen atoms in total. The van der Waals surface area contributed by atoms with Crippen LogP contribution in [0.25, 0.3) is 0 Å². The molecule has 1 aromatic rings. The highest BCUT2D eigenvalue weighted by Gasteiger charge is 2.22. The van der Waals surface area contributed by atoms with Crippen molar-refractivity contribution in [3.8, 4) is 0 Å². The Morgan fingerprint density at radius 2 is 2.00 bits per heavy atom. The van der Waals surface area contributed by atoms with E-state index in [2.05, 4.69) is 4.74 Å². The maximum Gasteiger partial charge on any atom is 0.306 e. The highest BCUT2D eigenvalue weighted by molar-refractivity contribution is 5.70. The number of hydrogen-bond acceptors (Lipinski definition) is 2. The maximum absolute atomic E-state index is 13.6. The summed E-state index contributed by atoms with van der Waals surface area (Å²) < 4.78 is 18.2. The fraction of sp³-hybridized carbons (Fsp3) is 0.462. The Bertz CT molecular complexity index is 361. The molecule has 0 fully saturated rings. The van der Waals surface area contributed by atoms with Crippen molar-refractivity contribution < 1.29 is 13.9 Å². The van der Waals surface area contributed by atoms with Gasteiger partial charge in [-0.1, -0.05) is 32.0 Å². The average molecular weight is 224 g/mol. The average Bonchev–Trinajstić information content (AvgIpc) is 2.26. The number of carbonyl (C=O) groups excluding carboxylic acids is 1. The van der Waals surface area contributed by atoms with E-state index in [1.54, 1.807) is 18.2 Å². The smallest absolute Gasteiger partial charge is 0.306 e. The van der Waals surface area contributed by atoms with Gasteiger partial charge < -0.3 is 4.74 Å². The van der Waals surface area contributed by atoms with Gasteiger partial charge in [0.15, 0.2) is 0 Å². The zero-order valence-corrected chi connectivity index (χ0v) is 9.87. The van der Waals surface area contributed by atoms with Crippen molar-refractivity contribution in [3.63, 3.8) is 0 Å². The van der Waals surface area contributed by atoms with Crippen molar-refractivity contribution in [1.82, 2.24) is 0 Å². The number of methoxy groups -OCH3 is 1. The first-order valence-electron chi connectivity index (χ1n) is 5.37. The van der Waals surface area contributed by atoms with Crippen molar-refractivity contribution in [1.29, 1.82) is 0 Å². The van der Waals surface area contributed by atoms with Crippen LogP contribution in [-0.2, 0) is 9.53 Å². The highest BCUT2D eigenvalue weighted by atomic mass is 19.1. The van der Waals surface area contributed by atoms with Gasteiger partial charge in [-0.2, -0.15) is 0 Å². The summed E-state index contributed by atoms with van der Waals surface area (Å²) in [6.07, 6.45) is 0.217. The van der Waals surface area contributed by atoms with Crippen molar-refractivity contribution in [2.75, 3.05) is 7.11 Å². The van der Waals surface area contributed by atoms with Crippen molar-refractivity contribution in [3.05, 3.63) is 35.6 Å². The molecule has 3 heteroatoms. The third-order valence-corrected chi connectivity index (χ3v) is 2.72. The Kier molecular flexibility index (Phi) is 4.47. The number of halogens is 1. The van der Waals surface area contributed by atoms with E-state index in [1.165, 1.54) is 13.2 Å². The Labute approximate surface area is 95.4 Å². The Morgan fingerprint density at radius 1 is 1.38 bits per heavy atom. The third-order valence-electron chi connectivity index (χ3n) is 2.72. The van der Waals surface area contributed by atoms with E-state index in [4.69, 9.17) is 0 Å². The fourth-order valence-electron chi connectivity index (χ4n) is 1.74. The molecule has 0 aliphatic heterocycles. The predicted octanol–water partition coefficient (Wildman–Crippen LogP) is 3.13. The second kappa shape index (κ2) is 5.64. The molecular formula is C13H17FO2. The first-order chi connectivity index (χ1) is 7.56. The number of esters is 1. The van der Waals surface area contributed by atoms with Gasteiger partial charge in [0.05, 0.1) is 13.5 Å². The summed E-state index contributed by atoms with van der Waals surface area (Å²) in [4.78, 5) is 11.3. The molecule has 88 valence electrons. The molecule has 0 saturated carbocycles. The Hall–Kier alpha value is -1.38. The molecule has 0 saturated heterocycles. The van der Waals surface area contributed by atoms with E-state index in [-0.39, 0.29) is 30.0 Å². The molecule has 0 aliphatic rings. The zero-order chi connectivity index (χ0) is 12.1. The maximum atomic E-state index is 13.6. The molecule has 0 bridgehead atoms. The summed E-state index contributed by atoms with van der Waals surface area (Å²) >= 11 is 0. The first kappa shape index (κ1) is 12.7. The molecule has 1 atom stereocenters. The van der Waals surface area contributed by atoms with Crippen LogP contribution >= 0.6 is 0 Å². The summed E-state index contributed by atoms with van der Waals surface area (Å²) in [5.41, 5.74) is 0.586. The minimum atomic E-state index is -0.304. The van der Waals surface area contributed by atoms with Gasteiger partial charge in [-0.05, 0) is 23.5 Å². The lowest BCUT2D eigenvalue weighted by Crippen LogP contribution is -2.14. The van der Waals surface area contributed by atoms with E-state index in [0.717, 1.165) is 0 Å². The standard InChI is InChI=1S/C13H17FO2/c1-9(2)11(8-13(15)16-3)10-6-4-5-7-12(10)14/h4-7,9,11H,8H2,1-3H3. The summed E-state index contributed by atoms with van der Waals surface area (Å²) in [6, 6.07) is 6.57. The van der Waals surface area contributed by atoms with Gasteiger partial charge >= 0.3 is 5.97 Å². The topological polar surface area (TPSA) is 26.3 Å². The van der Waals surface area contributed by atoms with Gasteiger partial charge in [0.2, 0.25) is 0 Å². The van der Waals surface area contributed by atoms with E-state index >= 15 is 0 Å². The Morgan fingerprint density at radius 3 is 2.50 bits per heavy atom. The molecule has 0 aromatic heterocycles. The van der Waals surface area contributed by atoms with Gasteiger partial charge in [0.1, 0.15) is 5.82 Å². The normalized spacial score (nSPS) is 12.6. The van der Waals surface area contributed by atoms with E-state index < -0.39 is 0 Å². The lowest BCUT2D eigenvalue weighted by Gasteiger charge is -2.20. The molecule has 1 unspecified atom stereocenters. The van der Waals surface area contributed by atoms with E-state index in [0.29, 0.717) is 5.56 Å². The quantitative estimate of drug-likeness (QED) is 0.734. The van der Waals surface area contributed by atoms with Crippen LogP contribution in [0.5, 0.6) is 0 Å². The number of carbonyl (C=O) groups is 1. The number of benzene rings is 1. The lowest BCUT2D eigenvalue weighted by molar-refractivity contribution is -0.141. The van der Waals surface area contributed by atoms with E-state index in [9.17, 15) is 9.18 Å². The second-order valence-corrected chi connectivity index (χ2v) is 4.15. The number of ether oxygens (including phenoxy) is 1. The highest BCUT2D eigenvalue weighted by Crippen LogP contribution is 2.29. The molecule has 16 heavy (non-hydrogen) atoms. The summed E-state index contributed by atoms with van der Waals surface area (Å²) in [5, 5.41) is 0. The van der Waals surface area contributed by atoms with Gasteiger partial charge in [-0.15, -0.1) is 0 Å². The van der Waals surface area contributed by atoms with Gasteiger partial charge in [0.25, 0.3) is 0 Å². The van der Waals surface area contributed by atoms with Crippen molar-refractivity contribution >= 4 is 5.97 Å². The van der Waals surface area contributed by atoms with Crippen molar-refractivity contribution in [2.45, 2.75) is 26.2 Å². The van der Waals surface area contributed by atoms with Crippen LogP contribution in [0.3, 0.4) is 0 Å². The minimum absolute atomic E-state index is 0.131. The molecule has 1 rings (SSSR count). The molecule has 0 radical (unpaired) electrons. The summed E-state index contributed by atoms with van der Waals surface area (Å²) in [7, 11) is 1.35. The van der Waals surface area contributed by atoms with Gasteiger partial charge in [-0.3, -0.25) is 4.79 Å². The first-order valence-corrected chi connectivity index (χ1v) is 5.37. The van der Waals surface area contributed by atoms with Crippen LogP contribution in [0.1, 0.15) is 31.7 Å². The van der Waals surface area contributed by atoms with Crippen LogP contribution in [0.15, 0.2) is 24.3 Å². The monoisotopic (exact) mass is 224 g/mol. The van der Waals surface area contributed by atoms with Crippen LogP contribution in [0.4, 0.5) is 4.39 Å². The molecule has 0 N–H and O–H groups in total. The molecule has 1 aromatic carbocycles. The van der Waals surface area contributed by atoms with Crippen LogP contribution in [-0.4, -0.2) is 13.1 Å². The fourth-order valence-corrected chi connectivity index (χ4v) is 1.74.